The lowest BCUT2D eigenvalue weighted by molar-refractivity contribution is 0.0759. The molecule has 1 unspecified atom stereocenters. The van der Waals surface area contributed by atoms with E-state index in [1.807, 2.05) is 4.90 Å². The normalized spacial score (nSPS) is 19.6. The zero-order valence-corrected chi connectivity index (χ0v) is 12.1. The number of phenolic OH excluding ortho intramolecular Hbond substituents is 1. The summed E-state index contributed by atoms with van der Waals surface area (Å²) in [4.78, 5) is 14.4. The highest BCUT2D eigenvalue weighted by Gasteiger charge is 2.21. The Labute approximate surface area is 120 Å². The Morgan fingerprint density at radius 1 is 1.40 bits per heavy atom. The Kier molecular flexibility index (Phi) is 4.88. The Hall–Kier alpha value is -1.71. The average Bonchev–Trinajstić information content (AvgIpc) is 2.67. The highest BCUT2D eigenvalue weighted by molar-refractivity contribution is 5.95. The fraction of sp³-hybridized carbons (Fsp3) is 0.562. The number of anilines is 1. The number of hydrogen-bond acceptors (Lipinski definition) is 3. The van der Waals surface area contributed by atoms with E-state index in [2.05, 4.69) is 6.92 Å². The highest BCUT2D eigenvalue weighted by atomic mass is 16.3. The highest BCUT2D eigenvalue weighted by Crippen LogP contribution is 2.25. The molecule has 2 rings (SSSR count). The minimum absolute atomic E-state index is 0.00236. The van der Waals surface area contributed by atoms with Gasteiger partial charge in [-0.15, -0.1) is 0 Å². The Morgan fingerprint density at radius 3 is 2.90 bits per heavy atom. The molecule has 4 heteroatoms. The van der Waals surface area contributed by atoms with E-state index in [9.17, 15) is 9.90 Å². The van der Waals surface area contributed by atoms with Crippen molar-refractivity contribution in [3.05, 3.63) is 23.8 Å². The second-order valence-corrected chi connectivity index (χ2v) is 5.65. The topological polar surface area (TPSA) is 66.6 Å². The van der Waals surface area contributed by atoms with Gasteiger partial charge >= 0.3 is 0 Å². The molecule has 4 nitrogen and oxygen atoms in total. The number of likely N-dealkylation sites (tertiary alicyclic amines) is 1. The second kappa shape index (κ2) is 6.64. The maximum absolute atomic E-state index is 12.5. The van der Waals surface area contributed by atoms with Gasteiger partial charge in [0.25, 0.3) is 5.91 Å². The molecule has 0 radical (unpaired) electrons. The van der Waals surface area contributed by atoms with Crippen molar-refractivity contribution >= 4 is 11.6 Å². The number of nitrogens with two attached hydrogens (primary N) is 1. The summed E-state index contributed by atoms with van der Waals surface area (Å²) in [5, 5.41) is 9.62. The summed E-state index contributed by atoms with van der Waals surface area (Å²) >= 11 is 0. The molecule has 0 aliphatic carbocycles. The molecule has 1 aromatic rings. The van der Waals surface area contributed by atoms with Crippen LogP contribution in [0.3, 0.4) is 0 Å². The van der Waals surface area contributed by atoms with Crippen LogP contribution >= 0.6 is 0 Å². The van der Waals surface area contributed by atoms with Crippen LogP contribution in [0.5, 0.6) is 5.75 Å². The van der Waals surface area contributed by atoms with Gasteiger partial charge in [0.1, 0.15) is 5.75 Å². The van der Waals surface area contributed by atoms with E-state index in [1.54, 1.807) is 12.1 Å². The first kappa shape index (κ1) is 14.7. The summed E-state index contributed by atoms with van der Waals surface area (Å²) in [6.45, 7) is 3.84. The zero-order valence-electron chi connectivity index (χ0n) is 12.1. The lowest BCUT2D eigenvalue weighted by Crippen LogP contribution is -2.32. The van der Waals surface area contributed by atoms with Crippen molar-refractivity contribution in [3.8, 4) is 5.75 Å². The van der Waals surface area contributed by atoms with Crippen LogP contribution in [0.15, 0.2) is 18.2 Å². The van der Waals surface area contributed by atoms with Gasteiger partial charge in [0.05, 0.1) is 5.69 Å². The van der Waals surface area contributed by atoms with Gasteiger partial charge in [-0.25, -0.2) is 0 Å². The number of nitrogen functional groups attached to an aromatic ring is 1. The molecule has 0 aromatic heterocycles. The lowest BCUT2D eigenvalue weighted by Gasteiger charge is -2.21. The van der Waals surface area contributed by atoms with Gasteiger partial charge in [0.15, 0.2) is 0 Å². The first-order valence-electron chi connectivity index (χ1n) is 7.49. The van der Waals surface area contributed by atoms with Crippen LogP contribution in [-0.4, -0.2) is 29.0 Å². The summed E-state index contributed by atoms with van der Waals surface area (Å²) in [5.41, 5.74) is 6.39. The molecule has 1 amide bonds. The molecule has 1 heterocycles. The number of nitrogens with zero attached hydrogens (tertiary/aromatic N) is 1. The summed E-state index contributed by atoms with van der Waals surface area (Å²) in [5.74, 6) is 0.726. The summed E-state index contributed by atoms with van der Waals surface area (Å²) in [6, 6.07) is 4.73. The van der Waals surface area contributed by atoms with Gasteiger partial charge in [-0.05, 0) is 43.4 Å². The number of carbonyl (C=O) groups is 1. The third-order valence-electron chi connectivity index (χ3n) is 4.11. The molecular weight excluding hydrogens is 252 g/mol. The second-order valence-electron chi connectivity index (χ2n) is 5.65. The predicted octanol–water partition coefficient (Wildman–Crippen LogP) is 3.02. The van der Waals surface area contributed by atoms with Gasteiger partial charge in [-0.1, -0.05) is 19.8 Å². The van der Waals surface area contributed by atoms with Crippen molar-refractivity contribution in [2.75, 3.05) is 18.8 Å². The molecule has 3 N–H and O–H groups in total. The van der Waals surface area contributed by atoms with Crippen molar-refractivity contribution < 1.29 is 9.90 Å². The van der Waals surface area contributed by atoms with Crippen molar-refractivity contribution in [3.63, 3.8) is 0 Å². The Morgan fingerprint density at radius 2 is 2.20 bits per heavy atom. The standard InChI is InChI=1S/C16H24N2O2/c1-2-4-12-5-3-9-18(10-8-12)16(20)13-6-7-14(17)15(19)11-13/h6-7,11-12,19H,2-5,8-10,17H2,1H3. The number of hydrogen-bond donors (Lipinski definition) is 2. The molecule has 1 saturated heterocycles. The van der Waals surface area contributed by atoms with E-state index in [1.165, 1.54) is 25.3 Å². The number of benzene rings is 1. The summed E-state index contributed by atoms with van der Waals surface area (Å²) in [7, 11) is 0. The van der Waals surface area contributed by atoms with E-state index in [0.29, 0.717) is 11.3 Å². The summed E-state index contributed by atoms with van der Waals surface area (Å²) in [6.07, 6.45) is 5.83. The fourth-order valence-corrected chi connectivity index (χ4v) is 2.92. The van der Waals surface area contributed by atoms with Crippen molar-refractivity contribution in [1.29, 1.82) is 0 Å². The third kappa shape index (κ3) is 3.44. The monoisotopic (exact) mass is 276 g/mol. The number of aromatic hydroxyl groups is 1. The molecular formula is C16H24N2O2. The average molecular weight is 276 g/mol. The molecule has 0 spiro atoms. The SMILES string of the molecule is CCCC1CCCN(C(=O)c2ccc(N)c(O)c2)CC1. The molecule has 110 valence electrons. The molecule has 0 saturated carbocycles. The van der Waals surface area contributed by atoms with Crippen LogP contribution in [0.4, 0.5) is 5.69 Å². The van der Waals surface area contributed by atoms with Crippen LogP contribution in [0.2, 0.25) is 0 Å². The van der Waals surface area contributed by atoms with Gasteiger partial charge in [-0.2, -0.15) is 0 Å². The number of carbonyl (C=O) groups excluding carboxylic acids is 1. The quantitative estimate of drug-likeness (QED) is 0.658. The minimum Gasteiger partial charge on any atom is -0.506 e. The molecule has 1 fully saturated rings. The lowest BCUT2D eigenvalue weighted by atomic mass is 9.96. The first-order chi connectivity index (χ1) is 9.61. The number of rotatable bonds is 3. The fourth-order valence-electron chi connectivity index (χ4n) is 2.92. The zero-order chi connectivity index (χ0) is 14.5. The maximum Gasteiger partial charge on any atom is 0.253 e. The van der Waals surface area contributed by atoms with Crippen LogP contribution in [0.25, 0.3) is 0 Å². The minimum atomic E-state index is -0.0190. The van der Waals surface area contributed by atoms with E-state index in [0.717, 1.165) is 31.8 Å². The van der Waals surface area contributed by atoms with Crippen molar-refractivity contribution in [1.82, 2.24) is 4.90 Å². The van der Waals surface area contributed by atoms with Gasteiger partial charge in [0.2, 0.25) is 0 Å². The van der Waals surface area contributed by atoms with Gasteiger partial charge in [-0.3, -0.25) is 4.79 Å². The van der Waals surface area contributed by atoms with Crippen LogP contribution < -0.4 is 5.73 Å². The molecule has 1 aliphatic rings. The maximum atomic E-state index is 12.5. The largest absolute Gasteiger partial charge is 0.506 e. The number of phenols is 1. The molecule has 1 aromatic carbocycles. The smallest absolute Gasteiger partial charge is 0.253 e. The first-order valence-corrected chi connectivity index (χ1v) is 7.49. The molecule has 1 atom stereocenters. The number of amides is 1. The predicted molar refractivity (Wildman–Crippen MR) is 80.7 cm³/mol. The van der Waals surface area contributed by atoms with Crippen LogP contribution in [-0.2, 0) is 0 Å². The van der Waals surface area contributed by atoms with Gasteiger partial charge in [0, 0.05) is 18.7 Å². The third-order valence-corrected chi connectivity index (χ3v) is 4.11. The van der Waals surface area contributed by atoms with Crippen molar-refractivity contribution in [2.45, 2.75) is 39.0 Å². The van der Waals surface area contributed by atoms with E-state index in [-0.39, 0.29) is 11.7 Å². The van der Waals surface area contributed by atoms with E-state index >= 15 is 0 Å². The van der Waals surface area contributed by atoms with Crippen LogP contribution in [0, 0.1) is 5.92 Å². The Bertz CT molecular complexity index is 474. The van der Waals surface area contributed by atoms with Gasteiger partial charge < -0.3 is 15.7 Å². The molecule has 20 heavy (non-hydrogen) atoms. The molecule has 0 bridgehead atoms. The molecule has 1 aliphatic heterocycles. The van der Waals surface area contributed by atoms with Crippen molar-refractivity contribution in [2.24, 2.45) is 5.92 Å². The summed E-state index contributed by atoms with van der Waals surface area (Å²) < 4.78 is 0. The van der Waals surface area contributed by atoms with E-state index < -0.39 is 0 Å². The van der Waals surface area contributed by atoms with E-state index in [4.69, 9.17) is 5.73 Å². The Balaban J connectivity index is 2.03. The van der Waals surface area contributed by atoms with Crippen LogP contribution in [0.1, 0.15) is 49.4 Å².